The molecule has 2 N–H and O–H groups in total. The normalized spacial score (nSPS) is 19.1. The van der Waals surface area contributed by atoms with Crippen LogP contribution in [0.15, 0.2) is 17.6 Å². The predicted octanol–water partition coefficient (Wildman–Crippen LogP) is 2.45. The number of aldehydes is 1. The van der Waals surface area contributed by atoms with Crippen LogP contribution in [0.5, 0.6) is 11.5 Å². The summed E-state index contributed by atoms with van der Waals surface area (Å²) < 4.78 is 17.4. The number of phenols is 1. The fraction of sp³-hybridized carbons (Fsp3) is 0.500. The number of methoxy groups -OCH3 is 1. The van der Waals surface area contributed by atoms with Gasteiger partial charge in [0.25, 0.3) is 0 Å². The average Bonchev–Trinajstić information content (AvgIpc) is 2.76. The van der Waals surface area contributed by atoms with Gasteiger partial charge in [0.15, 0.2) is 17.8 Å². The molecule has 0 aliphatic carbocycles. The molecule has 25 heavy (non-hydrogen) atoms. The fourth-order valence-electron chi connectivity index (χ4n) is 2.59. The molecule has 1 aromatic carbocycles. The van der Waals surface area contributed by atoms with E-state index >= 15 is 0 Å². The average molecular weight is 347 g/mol. The van der Waals surface area contributed by atoms with E-state index in [1.165, 1.54) is 13.2 Å². The second-order valence-electron chi connectivity index (χ2n) is 7.11. The van der Waals surface area contributed by atoms with Crippen LogP contribution in [0, 0.1) is 0 Å². The highest BCUT2D eigenvalue weighted by Crippen LogP contribution is 2.39. The van der Waals surface area contributed by atoms with Crippen LogP contribution in [0.1, 0.15) is 43.6 Å². The van der Waals surface area contributed by atoms with Gasteiger partial charge in [0.05, 0.1) is 18.3 Å². The second-order valence-corrected chi connectivity index (χ2v) is 7.11. The Balaban J connectivity index is 2.46. The predicted molar refractivity (Wildman–Crippen MR) is 98.0 cm³/mol. The third kappa shape index (κ3) is 3.89. The number of carbonyl (C=O) groups is 1. The Hall–Kier alpha value is -1.83. The summed E-state index contributed by atoms with van der Waals surface area (Å²) in [5, 5.41) is 13.0. The molecule has 1 aliphatic heterocycles. The number of benzene rings is 1. The lowest BCUT2D eigenvalue weighted by Crippen LogP contribution is -2.41. The van der Waals surface area contributed by atoms with E-state index in [1.54, 1.807) is 6.07 Å². The van der Waals surface area contributed by atoms with E-state index in [4.69, 9.17) is 14.0 Å². The van der Waals surface area contributed by atoms with E-state index in [-0.39, 0.29) is 5.75 Å². The Kier molecular flexibility index (Phi) is 5.61. The molecule has 136 valence electrons. The molecule has 1 saturated heterocycles. The van der Waals surface area contributed by atoms with Crippen molar-refractivity contribution in [3.8, 4) is 11.5 Å². The lowest BCUT2D eigenvalue weighted by atomic mass is 9.76. The van der Waals surface area contributed by atoms with Gasteiger partial charge in [0.2, 0.25) is 0 Å². The maximum atomic E-state index is 11.4. The van der Waals surface area contributed by atoms with Crippen molar-refractivity contribution >= 4 is 19.5 Å². The highest BCUT2D eigenvalue weighted by molar-refractivity contribution is 6.56. The van der Waals surface area contributed by atoms with Crippen molar-refractivity contribution in [2.45, 2.75) is 38.9 Å². The second kappa shape index (κ2) is 7.19. The first kappa shape index (κ1) is 19.5. The first-order chi connectivity index (χ1) is 11.6. The summed E-state index contributed by atoms with van der Waals surface area (Å²) in [7, 11) is 2.76. The molecule has 0 aromatic heterocycles. The van der Waals surface area contributed by atoms with Crippen molar-refractivity contribution in [1.29, 1.82) is 0 Å². The van der Waals surface area contributed by atoms with Crippen LogP contribution in [0.25, 0.3) is 6.08 Å². The van der Waals surface area contributed by atoms with Crippen LogP contribution >= 0.6 is 0 Å². The molecule has 2 rings (SSSR count). The Morgan fingerprint density at radius 1 is 1.24 bits per heavy atom. The molecule has 7 heteroatoms. The molecule has 0 saturated carbocycles. The topological polar surface area (TPSA) is 77.0 Å². The van der Waals surface area contributed by atoms with Gasteiger partial charge in [-0.1, -0.05) is 6.08 Å². The van der Waals surface area contributed by atoms with Gasteiger partial charge >= 0.3 is 7.12 Å². The summed E-state index contributed by atoms with van der Waals surface area (Å²) in [6.07, 6.45) is 2.54. The number of phenolic OH excluding ortho intramolecular Hbond substituents is 1. The van der Waals surface area contributed by atoms with E-state index in [2.05, 4.69) is 5.32 Å². The minimum Gasteiger partial charge on any atom is -0.504 e. The molecule has 1 heterocycles. The molecule has 0 bridgehead atoms. The molecule has 0 unspecified atom stereocenters. The fourth-order valence-corrected chi connectivity index (χ4v) is 2.59. The molecule has 0 atom stereocenters. The maximum absolute atomic E-state index is 11.4. The molecular weight excluding hydrogens is 321 g/mol. The number of ether oxygens (including phenoxy) is 1. The number of likely N-dealkylation sites (N-methyl/N-ethyl adjacent to an activating group) is 1. The smallest absolute Gasteiger partial charge is 0.491 e. The summed E-state index contributed by atoms with van der Waals surface area (Å²) >= 11 is 0. The zero-order chi connectivity index (χ0) is 18.8. The maximum Gasteiger partial charge on any atom is 0.491 e. The Morgan fingerprint density at radius 3 is 2.32 bits per heavy atom. The van der Waals surface area contributed by atoms with Gasteiger partial charge in [-0.05, 0) is 57.9 Å². The summed E-state index contributed by atoms with van der Waals surface area (Å²) in [4.78, 5) is 11.4. The zero-order valence-corrected chi connectivity index (χ0v) is 15.7. The van der Waals surface area contributed by atoms with Gasteiger partial charge in [-0.25, -0.2) is 0 Å². The lowest BCUT2D eigenvalue weighted by molar-refractivity contribution is 0.00578. The largest absolute Gasteiger partial charge is 0.504 e. The molecule has 1 aliphatic rings. The summed E-state index contributed by atoms with van der Waals surface area (Å²) in [6, 6.07) is 3.01. The van der Waals surface area contributed by atoms with Crippen LogP contribution in [-0.4, -0.2) is 50.4 Å². The highest BCUT2D eigenvalue weighted by atomic mass is 16.7. The standard InChI is InChI=1S/C18H26BNO5/c1-17(2)18(3,4)25-19(24-17)14(10-20-5)7-12-9-16(23-6)15(22)8-13(12)11-21/h7-9,11,20,22H,10H2,1-6H3. The van der Waals surface area contributed by atoms with E-state index in [0.717, 1.165) is 5.47 Å². The van der Waals surface area contributed by atoms with Crippen molar-refractivity contribution in [3.63, 3.8) is 0 Å². The summed E-state index contributed by atoms with van der Waals surface area (Å²) in [5.41, 5.74) is 0.931. The van der Waals surface area contributed by atoms with E-state index < -0.39 is 18.3 Å². The van der Waals surface area contributed by atoms with Crippen LogP contribution in [0.4, 0.5) is 0 Å². The number of nitrogens with one attached hydrogen (secondary N) is 1. The number of aromatic hydroxyl groups is 1. The van der Waals surface area contributed by atoms with Crippen LogP contribution in [0.3, 0.4) is 0 Å². The van der Waals surface area contributed by atoms with Gasteiger partial charge in [-0.2, -0.15) is 0 Å². The molecule has 1 fully saturated rings. The van der Waals surface area contributed by atoms with Crippen LogP contribution in [0.2, 0.25) is 0 Å². The first-order valence-electron chi connectivity index (χ1n) is 8.22. The SMILES string of the molecule is CNCC(=Cc1cc(OC)c(O)cc1C=O)B1OC(C)(C)C(C)(C)O1. The molecule has 0 radical (unpaired) electrons. The quantitative estimate of drug-likeness (QED) is 0.608. The van der Waals surface area contributed by atoms with Crippen molar-refractivity contribution in [2.24, 2.45) is 0 Å². The van der Waals surface area contributed by atoms with Crippen LogP contribution < -0.4 is 10.1 Å². The van der Waals surface area contributed by atoms with Gasteiger partial charge in [0, 0.05) is 12.1 Å². The van der Waals surface area contributed by atoms with Gasteiger partial charge < -0.3 is 24.5 Å². The number of hydrogen-bond donors (Lipinski definition) is 2. The van der Waals surface area contributed by atoms with E-state index in [1.807, 2.05) is 40.8 Å². The first-order valence-corrected chi connectivity index (χ1v) is 8.22. The Morgan fingerprint density at radius 2 is 1.84 bits per heavy atom. The lowest BCUT2D eigenvalue weighted by Gasteiger charge is -2.32. The minimum atomic E-state index is -0.531. The third-order valence-electron chi connectivity index (χ3n) is 4.79. The van der Waals surface area contributed by atoms with Gasteiger partial charge in [0.1, 0.15) is 0 Å². The van der Waals surface area contributed by atoms with Crippen molar-refractivity contribution in [1.82, 2.24) is 5.32 Å². The molecule has 0 amide bonds. The van der Waals surface area contributed by atoms with E-state index in [0.29, 0.717) is 29.7 Å². The van der Waals surface area contributed by atoms with Crippen molar-refractivity contribution in [3.05, 3.63) is 28.7 Å². The third-order valence-corrected chi connectivity index (χ3v) is 4.79. The number of hydrogen-bond acceptors (Lipinski definition) is 6. The summed E-state index contributed by atoms with van der Waals surface area (Å²) in [6.45, 7) is 8.49. The van der Waals surface area contributed by atoms with Gasteiger partial charge in [-0.15, -0.1) is 0 Å². The number of carbonyl (C=O) groups excluding carboxylic acids is 1. The molecule has 1 aromatic rings. The zero-order valence-electron chi connectivity index (χ0n) is 15.7. The van der Waals surface area contributed by atoms with Crippen LogP contribution in [-0.2, 0) is 9.31 Å². The van der Waals surface area contributed by atoms with Crippen molar-refractivity contribution in [2.75, 3.05) is 20.7 Å². The monoisotopic (exact) mass is 347 g/mol. The molecular formula is C18H26BNO5. The highest BCUT2D eigenvalue weighted by Gasteiger charge is 2.52. The van der Waals surface area contributed by atoms with Gasteiger partial charge in [-0.3, -0.25) is 4.79 Å². The number of rotatable bonds is 6. The molecule has 0 spiro atoms. The molecule has 6 nitrogen and oxygen atoms in total. The van der Waals surface area contributed by atoms with Crippen molar-refractivity contribution < 1.29 is 23.9 Å². The Labute approximate surface area is 149 Å². The van der Waals surface area contributed by atoms with E-state index in [9.17, 15) is 9.90 Å². The summed E-state index contributed by atoms with van der Waals surface area (Å²) in [5.74, 6) is 0.224. The minimum absolute atomic E-state index is 0.0763. The Bertz CT molecular complexity index is 668.